The van der Waals surface area contributed by atoms with Gasteiger partial charge in [0.1, 0.15) is 12.4 Å². The molecule has 0 radical (unpaired) electrons. The predicted octanol–water partition coefficient (Wildman–Crippen LogP) is 7.10. The lowest BCUT2D eigenvalue weighted by Crippen LogP contribution is -2.38. The third-order valence-electron chi connectivity index (χ3n) is 6.59. The second kappa shape index (κ2) is 10.2. The molecule has 178 valence electrons. The molecule has 1 aliphatic heterocycles. The van der Waals surface area contributed by atoms with E-state index in [-0.39, 0.29) is 6.04 Å². The smallest absolute Gasteiger partial charge is 0.180 e. The first kappa shape index (κ1) is 23.7. The van der Waals surface area contributed by atoms with Crippen molar-refractivity contribution < 1.29 is 14.0 Å². The lowest BCUT2D eigenvalue weighted by Gasteiger charge is -2.36. The van der Waals surface area contributed by atoms with Gasteiger partial charge in [0.05, 0.1) is 13.2 Å². The zero-order valence-electron chi connectivity index (χ0n) is 21.0. The molecule has 1 atom stereocenters. The first-order valence-corrected chi connectivity index (χ1v) is 12.0. The normalized spacial score (nSPS) is 16.0. The van der Waals surface area contributed by atoms with Crippen LogP contribution in [0.3, 0.4) is 0 Å². The average Bonchev–Trinajstić information content (AvgIpc) is 3.20. The fraction of sp³-hybridized carbons (Fsp3) is 0.345. The van der Waals surface area contributed by atoms with Crippen molar-refractivity contribution in [2.45, 2.75) is 60.1 Å². The first-order chi connectivity index (χ1) is 16.5. The Morgan fingerprint density at radius 3 is 2.41 bits per heavy atom. The quantitative estimate of drug-likeness (QED) is 0.360. The largest absolute Gasteiger partial charge is 0.495 e. The molecule has 0 saturated carbocycles. The summed E-state index contributed by atoms with van der Waals surface area (Å²) in [6.45, 7) is 10.9. The van der Waals surface area contributed by atoms with Gasteiger partial charge in [0, 0.05) is 17.3 Å². The minimum atomic E-state index is -0.0604. The molecule has 0 amide bonds. The number of methoxy groups -OCH3 is 1. The second-order valence-electron chi connectivity index (χ2n) is 8.65. The Balaban J connectivity index is 1.59. The maximum absolute atomic E-state index is 6.35. The molecule has 0 N–H and O–H groups in total. The van der Waals surface area contributed by atoms with Crippen LogP contribution in [0.4, 0.5) is 5.82 Å². The molecule has 5 heteroatoms. The van der Waals surface area contributed by atoms with E-state index in [0.717, 1.165) is 52.8 Å². The topological polar surface area (TPSA) is 47.7 Å². The zero-order chi connectivity index (χ0) is 24.2. The molecule has 4 rings (SSSR count). The van der Waals surface area contributed by atoms with Crippen molar-refractivity contribution in [2.24, 2.45) is 0 Å². The van der Waals surface area contributed by atoms with Crippen LogP contribution in [0.15, 0.2) is 76.3 Å². The van der Waals surface area contributed by atoms with Crippen LogP contribution in [0.2, 0.25) is 0 Å². The highest BCUT2D eigenvalue weighted by molar-refractivity contribution is 5.67. The predicted molar refractivity (Wildman–Crippen MR) is 136 cm³/mol. The van der Waals surface area contributed by atoms with Crippen LogP contribution in [0.25, 0.3) is 11.1 Å². The molecule has 1 aliphatic rings. The van der Waals surface area contributed by atoms with Gasteiger partial charge in [-0.3, -0.25) is 0 Å². The summed E-state index contributed by atoms with van der Waals surface area (Å²) >= 11 is 0. The molecule has 2 heterocycles. The van der Waals surface area contributed by atoms with Gasteiger partial charge in [0.15, 0.2) is 17.3 Å². The number of nitrogens with zero attached hydrogens (tertiary/aromatic N) is 2. The van der Waals surface area contributed by atoms with Crippen LogP contribution < -0.4 is 4.90 Å². The Morgan fingerprint density at radius 2 is 1.79 bits per heavy atom. The molecule has 0 saturated heterocycles. The van der Waals surface area contributed by atoms with E-state index in [0.29, 0.717) is 6.61 Å². The second-order valence-corrected chi connectivity index (χ2v) is 8.65. The third kappa shape index (κ3) is 4.47. The van der Waals surface area contributed by atoms with Gasteiger partial charge in [-0.05, 0) is 55.9 Å². The summed E-state index contributed by atoms with van der Waals surface area (Å²) in [5.41, 5.74) is 7.13. The lowest BCUT2D eigenvalue weighted by atomic mass is 9.96. The number of benzene rings is 2. The summed E-state index contributed by atoms with van der Waals surface area (Å²) in [7, 11) is 1.70. The maximum Gasteiger partial charge on any atom is 0.180 e. The number of rotatable bonds is 8. The van der Waals surface area contributed by atoms with Crippen molar-refractivity contribution in [1.29, 1.82) is 0 Å². The number of hydrogen-bond donors (Lipinski definition) is 0. The monoisotopic (exact) mass is 458 g/mol. The molecule has 0 fully saturated rings. The van der Waals surface area contributed by atoms with E-state index in [2.05, 4.69) is 79.4 Å². The van der Waals surface area contributed by atoms with Crippen molar-refractivity contribution in [3.8, 4) is 11.1 Å². The van der Waals surface area contributed by atoms with Gasteiger partial charge in [-0.1, -0.05) is 67.5 Å². The molecule has 34 heavy (non-hydrogen) atoms. The maximum atomic E-state index is 6.35. The summed E-state index contributed by atoms with van der Waals surface area (Å²) in [6, 6.07) is 17.1. The summed E-state index contributed by atoms with van der Waals surface area (Å²) in [5.74, 6) is 3.21. The van der Waals surface area contributed by atoms with Crippen LogP contribution in [-0.4, -0.2) is 18.3 Å². The van der Waals surface area contributed by atoms with Gasteiger partial charge in [0.25, 0.3) is 0 Å². The number of aromatic nitrogens is 1. The molecule has 3 aromatic rings. The minimum Gasteiger partial charge on any atom is -0.495 e. The van der Waals surface area contributed by atoms with E-state index in [1.165, 1.54) is 16.7 Å². The van der Waals surface area contributed by atoms with E-state index in [1.807, 2.05) is 19.9 Å². The highest BCUT2D eigenvalue weighted by Crippen LogP contribution is 2.36. The van der Waals surface area contributed by atoms with Gasteiger partial charge in [-0.15, -0.1) is 0 Å². The van der Waals surface area contributed by atoms with Crippen molar-refractivity contribution >= 4 is 5.82 Å². The Morgan fingerprint density at radius 1 is 1.03 bits per heavy atom. The van der Waals surface area contributed by atoms with Gasteiger partial charge < -0.3 is 18.9 Å². The highest BCUT2D eigenvalue weighted by Gasteiger charge is 2.33. The third-order valence-corrected chi connectivity index (χ3v) is 6.59. The average molecular weight is 459 g/mol. The zero-order valence-corrected chi connectivity index (χ0v) is 21.0. The number of ether oxygens (including phenoxy) is 2. The molecule has 0 aliphatic carbocycles. The summed E-state index contributed by atoms with van der Waals surface area (Å²) < 4.78 is 17.6. The van der Waals surface area contributed by atoms with E-state index in [9.17, 15) is 0 Å². The Hall–Kier alpha value is -3.47. The Bertz CT molecular complexity index is 1210. The lowest BCUT2D eigenvalue weighted by molar-refractivity contribution is 0.165. The SMILES string of the molecule is CCC1=CC(OCc2ccc(-c3ccccc3)c(CC)c2)=C(OC)C(C)N1c1noc(C)c1C. The van der Waals surface area contributed by atoms with Crippen molar-refractivity contribution in [3.63, 3.8) is 0 Å². The molecular formula is C29H34N2O3. The number of anilines is 1. The molecular weight excluding hydrogens is 424 g/mol. The Labute approximate surface area is 202 Å². The fourth-order valence-electron chi connectivity index (χ4n) is 4.56. The molecule has 5 nitrogen and oxygen atoms in total. The minimum absolute atomic E-state index is 0.0604. The number of aryl methyl sites for hydroxylation is 2. The summed E-state index contributed by atoms with van der Waals surface area (Å²) in [5, 5.41) is 4.32. The van der Waals surface area contributed by atoms with E-state index >= 15 is 0 Å². The van der Waals surface area contributed by atoms with E-state index < -0.39 is 0 Å². The summed E-state index contributed by atoms with van der Waals surface area (Å²) in [6.07, 6.45) is 3.87. The van der Waals surface area contributed by atoms with Crippen molar-refractivity contribution in [3.05, 3.63) is 94.3 Å². The van der Waals surface area contributed by atoms with Gasteiger partial charge in [-0.25, -0.2) is 0 Å². The highest BCUT2D eigenvalue weighted by atomic mass is 16.5. The van der Waals surface area contributed by atoms with Crippen molar-refractivity contribution in [1.82, 2.24) is 5.16 Å². The fourth-order valence-corrected chi connectivity index (χ4v) is 4.56. The van der Waals surface area contributed by atoms with E-state index in [1.54, 1.807) is 7.11 Å². The molecule has 1 unspecified atom stereocenters. The standard InChI is InChI=1S/C29H34N2O3/c1-7-23-16-22(14-15-26(23)24-12-10-9-11-13-24)18-33-27-17-25(8-2)31(20(4)28(27)32-6)29-19(3)21(5)34-30-29/h9-17,20H,7-8,18H2,1-6H3. The van der Waals surface area contributed by atoms with Gasteiger partial charge >= 0.3 is 0 Å². The van der Waals surface area contributed by atoms with Gasteiger partial charge in [0.2, 0.25) is 0 Å². The molecule has 0 spiro atoms. The van der Waals surface area contributed by atoms with Gasteiger partial charge in [-0.2, -0.15) is 0 Å². The first-order valence-electron chi connectivity index (χ1n) is 12.0. The summed E-state index contributed by atoms with van der Waals surface area (Å²) in [4.78, 5) is 2.18. The molecule has 1 aromatic heterocycles. The van der Waals surface area contributed by atoms with Crippen LogP contribution in [0.1, 0.15) is 49.6 Å². The number of allylic oxidation sites excluding steroid dienone is 2. The Kier molecular flexibility index (Phi) is 7.11. The number of hydrogen-bond acceptors (Lipinski definition) is 5. The molecule has 2 aromatic carbocycles. The molecule has 0 bridgehead atoms. The van der Waals surface area contributed by atoms with E-state index in [4.69, 9.17) is 14.0 Å². The van der Waals surface area contributed by atoms with Crippen LogP contribution in [0.5, 0.6) is 0 Å². The van der Waals surface area contributed by atoms with Crippen molar-refractivity contribution in [2.75, 3.05) is 12.0 Å². The van der Waals surface area contributed by atoms with Crippen LogP contribution in [0, 0.1) is 13.8 Å². The van der Waals surface area contributed by atoms with Crippen LogP contribution >= 0.6 is 0 Å². The van der Waals surface area contributed by atoms with Crippen LogP contribution in [-0.2, 0) is 22.5 Å².